The Labute approximate surface area is 308 Å². The minimum atomic E-state index is -0.179. The summed E-state index contributed by atoms with van der Waals surface area (Å²) in [5.41, 5.74) is 0. The average Bonchev–Trinajstić information content (AvgIpc) is 3.04. The summed E-state index contributed by atoms with van der Waals surface area (Å²) in [7, 11) is 0.136. The SMILES string of the molecule is CCP(CC)CCP(c1ccccc1)c1ccccc1.CCP(CC)CCP(c1ccccc1)c1ccccc1.[Au+3].[Cl-].[Cl-].[Cl-]. The van der Waals surface area contributed by atoms with Crippen molar-refractivity contribution in [3.63, 3.8) is 0 Å². The molecule has 244 valence electrons. The van der Waals surface area contributed by atoms with Crippen molar-refractivity contribution in [1.82, 2.24) is 0 Å². The van der Waals surface area contributed by atoms with Crippen LogP contribution in [0.3, 0.4) is 0 Å². The molecule has 0 atom stereocenters. The van der Waals surface area contributed by atoms with E-state index in [-0.39, 0.29) is 91.3 Å². The second-order valence-corrected chi connectivity index (χ2v) is 20.5. The zero-order valence-corrected chi connectivity index (χ0v) is 34.4. The Morgan fingerprint density at radius 2 is 0.545 bits per heavy atom. The molecule has 4 rings (SSSR count). The van der Waals surface area contributed by atoms with Gasteiger partial charge in [-0.25, -0.2) is 0 Å². The van der Waals surface area contributed by atoms with Crippen LogP contribution in [0.4, 0.5) is 0 Å². The van der Waals surface area contributed by atoms with Gasteiger partial charge in [-0.05, 0) is 86.4 Å². The molecule has 0 aliphatic heterocycles. The van der Waals surface area contributed by atoms with Crippen LogP contribution in [0.2, 0.25) is 0 Å². The van der Waals surface area contributed by atoms with Crippen LogP contribution < -0.4 is 58.4 Å². The second kappa shape index (κ2) is 28.2. The van der Waals surface area contributed by atoms with Crippen molar-refractivity contribution in [3.05, 3.63) is 121 Å². The normalized spacial score (nSPS) is 10.2. The van der Waals surface area contributed by atoms with Gasteiger partial charge in [-0.2, -0.15) is 0 Å². The van der Waals surface area contributed by atoms with Crippen molar-refractivity contribution in [2.45, 2.75) is 27.7 Å². The summed E-state index contributed by atoms with van der Waals surface area (Å²) in [5, 5.41) is 6.10. The minimum Gasteiger partial charge on any atom is -1.00 e. The van der Waals surface area contributed by atoms with Gasteiger partial charge in [0.1, 0.15) is 0 Å². The molecule has 0 nitrogen and oxygen atoms in total. The first-order valence-corrected chi connectivity index (χ1v) is 21.7. The van der Waals surface area contributed by atoms with Crippen LogP contribution in [0.1, 0.15) is 27.7 Å². The number of benzene rings is 4. The van der Waals surface area contributed by atoms with Gasteiger partial charge < -0.3 is 37.2 Å². The molecule has 0 saturated carbocycles. The fourth-order valence-electron chi connectivity index (χ4n) is 4.81. The van der Waals surface area contributed by atoms with E-state index in [4.69, 9.17) is 0 Å². The van der Waals surface area contributed by atoms with Gasteiger partial charge in [0.2, 0.25) is 0 Å². The van der Waals surface area contributed by atoms with Crippen molar-refractivity contribution in [2.24, 2.45) is 0 Å². The van der Waals surface area contributed by atoms with Gasteiger partial charge in [-0.1, -0.05) is 149 Å². The van der Waals surface area contributed by atoms with E-state index in [0.29, 0.717) is 0 Å². The van der Waals surface area contributed by atoms with Gasteiger partial charge in [-0.15, -0.1) is 15.8 Å². The van der Waals surface area contributed by atoms with Crippen LogP contribution >= 0.6 is 31.7 Å². The van der Waals surface area contributed by atoms with Crippen LogP contribution in [0.5, 0.6) is 0 Å². The first-order chi connectivity index (χ1) is 19.7. The zero-order valence-electron chi connectivity index (χ0n) is 26.4. The molecule has 0 heterocycles. The van der Waals surface area contributed by atoms with Gasteiger partial charge in [0.15, 0.2) is 0 Å². The molecule has 0 unspecified atom stereocenters. The van der Waals surface area contributed by atoms with Crippen molar-refractivity contribution < 1.29 is 59.6 Å². The topological polar surface area (TPSA) is 0 Å². The van der Waals surface area contributed by atoms with Crippen molar-refractivity contribution in [3.8, 4) is 0 Å². The van der Waals surface area contributed by atoms with Crippen LogP contribution in [0, 0.1) is 0 Å². The van der Waals surface area contributed by atoms with Gasteiger partial charge in [0.25, 0.3) is 0 Å². The third-order valence-corrected chi connectivity index (χ3v) is 18.4. The molecule has 4 aromatic rings. The van der Waals surface area contributed by atoms with E-state index < -0.39 is 0 Å². The van der Waals surface area contributed by atoms with Gasteiger partial charge in [0, 0.05) is 0 Å². The zero-order chi connectivity index (χ0) is 28.4. The third-order valence-electron chi connectivity index (χ3n) is 7.34. The Balaban J connectivity index is 0. The largest absolute Gasteiger partial charge is 3.00 e. The molecule has 0 aromatic heterocycles. The molecule has 0 saturated heterocycles. The molecule has 0 fully saturated rings. The van der Waals surface area contributed by atoms with Gasteiger partial charge >= 0.3 is 22.4 Å². The van der Waals surface area contributed by atoms with Gasteiger partial charge in [-0.3, -0.25) is 0 Å². The maximum Gasteiger partial charge on any atom is 3.00 e. The summed E-state index contributed by atoms with van der Waals surface area (Å²) in [6.45, 7) is 9.40. The minimum absolute atomic E-state index is 0. The molecule has 44 heavy (non-hydrogen) atoms. The maximum atomic E-state index is 2.35. The molecule has 0 aliphatic rings. The van der Waals surface area contributed by atoms with Crippen LogP contribution in [0.25, 0.3) is 0 Å². The van der Waals surface area contributed by atoms with Crippen LogP contribution in [0.15, 0.2) is 121 Å². The predicted octanol–water partition coefficient (Wildman–Crippen LogP) is 0.292. The molecule has 0 bridgehead atoms. The molecule has 8 heteroatoms. The van der Waals surface area contributed by atoms with E-state index >= 15 is 0 Å². The molecule has 0 amide bonds. The van der Waals surface area contributed by atoms with E-state index in [1.165, 1.54) is 70.5 Å². The summed E-state index contributed by atoms with van der Waals surface area (Å²) in [6, 6.07) is 44.3. The Bertz CT molecular complexity index is 993. The molecule has 0 radical (unpaired) electrons. The Morgan fingerprint density at radius 1 is 0.341 bits per heavy atom. The number of rotatable bonds is 14. The van der Waals surface area contributed by atoms with E-state index in [1.807, 2.05) is 0 Å². The Hall–Kier alpha value is 0.210. The summed E-state index contributed by atoms with van der Waals surface area (Å²) in [5.74, 6) is 0. The number of hydrogen-bond acceptors (Lipinski definition) is 0. The van der Waals surface area contributed by atoms with E-state index in [1.54, 1.807) is 0 Å². The quantitative estimate of drug-likeness (QED) is 0.126. The van der Waals surface area contributed by atoms with E-state index in [2.05, 4.69) is 149 Å². The number of hydrogen-bond donors (Lipinski definition) is 0. The molecular formula is C36H48AuCl3P4. The fourth-order valence-corrected chi connectivity index (χ4v) is 14.6. The number of halogens is 3. The van der Waals surface area contributed by atoms with Crippen LogP contribution in [-0.2, 0) is 22.4 Å². The molecule has 0 N–H and O–H groups in total. The van der Waals surface area contributed by atoms with Crippen molar-refractivity contribution >= 4 is 52.9 Å². The Morgan fingerprint density at radius 3 is 0.727 bits per heavy atom. The standard InChI is InChI=1S/2C18H24P2.Au.3ClH/c2*1-3-19(4-2)15-16-20(17-11-7-5-8-12-17)18-13-9-6-10-14-18;;;;/h2*5-14H,3-4,15-16H2,1-2H3;;3*1H/q;;+3;;;/p-3. The summed E-state index contributed by atoms with van der Waals surface area (Å²) in [6.07, 6.45) is 11.0. The van der Waals surface area contributed by atoms with E-state index in [9.17, 15) is 0 Å². The van der Waals surface area contributed by atoms with Crippen molar-refractivity contribution in [2.75, 3.05) is 49.3 Å². The van der Waals surface area contributed by atoms with Crippen LogP contribution in [-0.4, -0.2) is 49.3 Å². The molecule has 0 spiro atoms. The fraction of sp³-hybridized carbons (Fsp3) is 0.333. The second-order valence-electron chi connectivity index (χ2n) is 9.70. The molecule has 4 aromatic carbocycles. The van der Waals surface area contributed by atoms with Gasteiger partial charge in [0.05, 0.1) is 0 Å². The monoisotopic (exact) mass is 906 g/mol. The summed E-state index contributed by atoms with van der Waals surface area (Å²) < 4.78 is 0. The molecular weight excluding hydrogens is 860 g/mol. The third kappa shape index (κ3) is 16.4. The average molecular weight is 908 g/mol. The summed E-state index contributed by atoms with van der Waals surface area (Å²) in [4.78, 5) is 0. The smallest absolute Gasteiger partial charge is 1.00 e. The first-order valence-electron chi connectivity index (χ1n) is 14.9. The Kier molecular flexibility index (Phi) is 29.7. The first kappa shape index (κ1) is 46.3. The van der Waals surface area contributed by atoms with Crippen molar-refractivity contribution in [1.29, 1.82) is 0 Å². The molecule has 0 aliphatic carbocycles. The van der Waals surface area contributed by atoms with E-state index in [0.717, 1.165) is 0 Å². The predicted molar refractivity (Wildman–Crippen MR) is 194 cm³/mol. The summed E-state index contributed by atoms with van der Waals surface area (Å²) >= 11 is 0. The maximum absolute atomic E-state index is 2.35.